The van der Waals surface area contributed by atoms with Crippen molar-refractivity contribution in [2.24, 2.45) is 11.7 Å². The summed E-state index contributed by atoms with van der Waals surface area (Å²) in [5, 5.41) is 2.83. The highest BCUT2D eigenvalue weighted by atomic mass is 16.5. The molecule has 2 atom stereocenters. The van der Waals surface area contributed by atoms with E-state index in [1.54, 1.807) is 0 Å². The molecule has 0 radical (unpaired) electrons. The average Bonchev–Trinajstić information content (AvgIpc) is 2.81. The van der Waals surface area contributed by atoms with Gasteiger partial charge in [-0.25, -0.2) is 0 Å². The van der Waals surface area contributed by atoms with E-state index in [1.807, 2.05) is 0 Å². The second-order valence-corrected chi connectivity index (χ2v) is 5.15. The largest absolute Gasteiger partial charge is 0.380 e. The lowest BCUT2D eigenvalue weighted by Gasteiger charge is -2.13. The molecule has 0 aromatic rings. The van der Waals surface area contributed by atoms with E-state index in [2.05, 4.69) is 19.2 Å². The van der Waals surface area contributed by atoms with Gasteiger partial charge in [-0.15, -0.1) is 0 Å². The van der Waals surface area contributed by atoms with Gasteiger partial charge in [-0.05, 0) is 25.2 Å². The Morgan fingerprint density at radius 2 is 2.22 bits per heavy atom. The molecular formula is C13H26N2O3. The van der Waals surface area contributed by atoms with Gasteiger partial charge in [-0.1, -0.05) is 13.8 Å². The van der Waals surface area contributed by atoms with Crippen LogP contribution in [0.2, 0.25) is 0 Å². The van der Waals surface area contributed by atoms with E-state index in [4.69, 9.17) is 15.2 Å². The highest BCUT2D eigenvalue weighted by Crippen LogP contribution is 2.18. The zero-order valence-corrected chi connectivity index (χ0v) is 11.5. The van der Waals surface area contributed by atoms with Crippen LogP contribution in [0.25, 0.3) is 0 Å². The van der Waals surface area contributed by atoms with Crippen molar-refractivity contribution in [1.82, 2.24) is 5.32 Å². The molecule has 1 heterocycles. The highest BCUT2D eigenvalue weighted by molar-refractivity contribution is 5.80. The first kappa shape index (κ1) is 15.4. The Labute approximate surface area is 109 Å². The van der Waals surface area contributed by atoms with Crippen LogP contribution in [0, 0.1) is 5.92 Å². The second kappa shape index (κ2) is 8.45. The molecule has 1 rings (SSSR count). The first-order valence-electron chi connectivity index (χ1n) is 6.84. The Morgan fingerprint density at radius 1 is 1.44 bits per heavy atom. The normalized spacial score (nSPS) is 23.6. The summed E-state index contributed by atoms with van der Waals surface area (Å²) in [7, 11) is 0. The lowest BCUT2D eigenvalue weighted by molar-refractivity contribution is -0.132. The third kappa shape index (κ3) is 5.80. The fraction of sp³-hybridized carbons (Fsp3) is 0.923. The molecule has 1 fully saturated rings. The molecule has 5 heteroatoms. The first-order valence-corrected chi connectivity index (χ1v) is 6.84. The number of carbonyl (C=O) groups is 1. The average molecular weight is 258 g/mol. The summed E-state index contributed by atoms with van der Waals surface area (Å²) in [6, 6.07) is 0. The molecule has 1 aliphatic heterocycles. The Morgan fingerprint density at radius 3 is 2.83 bits per heavy atom. The van der Waals surface area contributed by atoms with Crippen molar-refractivity contribution in [2.45, 2.75) is 45.3 Å². The van der Waals surface area contributed by atoms with Gasteiger partial charge in [-0.3, -0.25) is 4.79 Å². The standard InChI is InChI=1S/C13H26N2O3/c1-10(2)5-7-17-8-6-15-13(16)12-4-3-11(9-14)18-12/h10-12H,3-9,14H2,1-2H3,(H,15,16)/t11-,12+/m1/s1. The Kier molecular flexibility index (Phi) is 7.23. The van der Waals surface area contributed by atoms with Crippen LogP contribution in [0.4, 0.5) is 0 Å². The van der Waals surface area contributed by atoms with E-state index in [0.29, 0.717) is 25.6 Å². The monoisotopic (exact) mass is 258 g/mol. The van der Waals surface area contributed by atoms with E-state index >= 15 is 0 Å². The minimum absolute atomic E-state index is 0.0431. The number of rotatable bonds is 8. The van der Waals surface area contributed by atoms with Crippen molar-refractivity contribution in [3.05, 3.63) is 0 Å². The molecular weight excluding hydrogens is 232 g/mol. The van der Waals surface area contributed by atoms with Crippen LogP contribution in [0.5, 0.6) is 0 Å². The summed E-state index contributed by atoms with van der Waals surface area (Å²) >= 11 is 0. The second-order valence-electron chi connectivity index (χ2n) is 5.15. The Hall–Kier alpha value is -0.650. The van der Waals surface area contributed by atoms with Gasteiger partial charge in [0.1, 0.15) is 6.10 Å². The first-order chi connectivity index (χ1) is 8.63. The molecule has 0 bridgehead atoms. The van der Waals surface area contributed by atoms with Gasteiger partial charge < -0.3 is 20.5 Å². The molecule has 0 unspecified atom stereocenters. The van der Waals surface area contributed by atoms with Gasteiger partial charge in [-0.2, -0.15) is 0 Å². The van der Waals surface area contributed by atoms with Gasteiger partial charge >= 0.3 is 0 Å². The number of nitrogens with one attached hydrogen (secondary N) is 1. The number of hydrogen-bond donors (Lipinski definition) is 2. The number of nitrogens with two attached hydrogens (primary N) is 1. The third-order valence-electron chi connectivity index (χ3n) is 3.05. The van der Waals surface area contributed by atoms with E-state index in [-0.39, 0.29) is 18.1 Å². The highest BCUT2D eigenvalue weighted by Gasteiger charge is 2.29. The molecule has 1 saturated heterocycles. The molecule has 0 aromatic carbocycles. The summed E-state index contributed by atoms with van der Waals surface area (Å²) < 4.78 is 10.9. The maximum atomic E-state index is 11.7. The van der Waals surface area contributed by atoms with Crippen LogP contribution in [0.3, 0.4) is 0 Å². The van der Waals surface area contributed by atoms with Gasteiger partial charge in [0.2, 0.25) is 5.91 Å². The molecule has 3 N–H and O–H groups in total. The minimum atomic E-state index is -0.325. The smallest absolute Gasteiger partial charge is 0.249 e. The molecule has 0 spiro atoms. The number of hydrogen-bond acceptors (Lipinski definition) is 4. The van der Waals surface area contributed by atoms with Crippen molar-refractivity contribution in [1.29, 1.82) is 0 Å². The number of carbonyl (C=O) groups excluding carboxylic acids is 1. The zero-order valence-electron chi connectivity index (χ0n) is 11.5. The van der Waals surface area contributed by atoms with Crippen LogP contribution in [-0.2, 0) is 14.3 Å². The van der Waals surface area contributed by atoms with Gasteiger partial charge in [0.15, 0.2) is 0 Å². The van der Waals surface area contributed by atoms with E-state index in [9.17, 15) is 4.79 Å². The number of amides is 1. The Balaban J connectivity index is 2.00. The molecule has 1 amide bonds. The zero-order chi connectivity index (χ0) is 13.4. The molecule has 18 heavy (non-hydrogen) atoms. The summed E-state index contributed by atoms with van der Waals surface area (Å²) in [4.78, 5) is 11.7. The maximum absolute atomic E-state index is 11.7. The molecule has 5 nitrogen and oxygen atoms in total. The van der Waals surface area contributed by atoms with Crippen LogP contribution in [-0.4, -0.2) is 44.4 Å². The summed E-state index contributed by atoms with van der Waals surface area (Å²) in [6.45, 7) is 6.67. The van der Waals surface area contributed by atoms with E-state index in [1.165, 1.54) is 0 Å². The predicted octanol–water partition coefficient (Wildman–Crippen LogP) is 0.672. The maximum Gasteiger partial charge on any atom is 0.249 e. The van der Waals surface area contributed by atoms with E-state index in [0.717, 1.165) is 25.9 Å². The third-order valence-corrected chi connectivity index (χ3v) is 3.05. The molecule has 0 aliphatic carbocycles. The predicted molar refractivity (Wildman–Crippen MR) is 70.2 cm³/mol. The fourth-order valence-corrected chi connectivity index (χ4v) is 1.85. The molecule has 0 saturated carbocycles. The molecule has 1 aliphatic rings. The van der Waals surface area contributed by atoms with Crippen molar-refractivity contribution in [2.75, 3.05) is 26.3 Å². The number of ether oxygens (including phenoxy) is 2. The van der Waals surface area contributed by atoms with Crippen LogP contribution >= 0.6 is 0 Å². The van der Waals surface area contributed by atoms with Crippen molar-refractivity contribution in [3.8, 4) is 0 Å². The van der Waals surface area contributed by atoms with Crippen LogP contribution in [0.15, 0.2) is 0 Å². The van der Waals surface area contributed by atoms with E-state index < -0.39 is 0 Å². The summed E-state index contributed by atoms with van der Waals surface area (Å²) in [6.07, 6.45) is 2.41. The minimum Gasteiger partial charge on any atom is -0.380 e. The van der Waals surface area contributed by atoms with Crippen LogP contribution in [0.1, 0.15) is 33.1 Å². The van der Waals surface area contributed by atoms with Crippen molar-refractivity contribution in [3.63, 3.8) is 0 Å². The van der Waals surface area contributed by atoms with Crippen LogP contribution < -0.4 is 11.1 Å². The fourth-order valence-electron chi connectivity index (χ4n) is 1.85. The molecule has 106 valence electrons. The molecule has 0 aromatic heterocycles. The van der Waals surface area contributed by atoms with Gasteiger partial charge in [0.05, 0.1) is 12.7 Å². The van der Waals surface area contributed by atoms with Gasteiger partial charge in [0, 0.05) is 19.7 Å². The van der Waals surface area contributed by atoms with Crippen molar-refractivity contribution < 1.29 is 14.3 Å². The SMILES string of the molecule is CC(C)CCOCCNC(=O)[C@@H]1CC[C@H](CN)O1. The lowest BCUT2D eigenvalue weighted by atomic mass is 10.1. The quantitative estimate of drug-likeness (QED) is 0.628. The summed E-state index contributed by atoms with van der Waals surface area (Å²) in [5.41, 5.74) is 5.50. The Bertz CT molecular complexity index is 246. The summed E-state index contributed by atoms with van der Waals surface area (Å²) in [5.74, 6) is 0.609. The lowest BCUT2D eigenvalue weighted by Crippen LogP contribution is -2.37. The topological polar surface area (TPSA) is 73.6 Å². The van der Waals surface area contributed by atoms with Gasteiger partial charge in [0.25, 0.3) is 0 Å². The van der Waals surface area contributed by atoms with Crippen molar-refractivity contribution >= 4 is 5.91 Å².